The van der Waals surface area contributed by atoms with Gasteiger partial charge in [0.2, 0.25) is 0 Å². The Morgan fingerprint density at radius 1 is 1.25 bits per heavy atom. The van der Waals surface area contributed by atoms with Crippen LogP contribution in [0.1, 0.15) is 18.1 Å². The van der Waals surface area contributed by atoms with E-state index in [-0.39, 0.29) is 6.04 Å². The number of hydrogen-bond acceptors (Lipinski definition) is 4. The fourth-order valence-electron chi connectivity index (χ4n) is 2.50. The molecule has 0 amide bonds. The number of fused-ring (bicyclic) bond motifs is 1. The van der Waals surface area contributed by atoms with E-state index in [4.69, 9.17) is 10.7 Å². The van der Waals surface area contributed by atoms with E-state index in [0.29, 0.717) is 0 Å². The molecule has 0 saturated heterocycles. The summed E-state index contributed by atoms with van der Waals surface area (Å²) in [5.41, 5.74) is 10.7. The normalized spacial score (nSPS) is 15.6. The van der Waals surface area contributed by atoms with Crippen molar-refractivity contribution in [1.29, 1.82) is 0 Å². The van der Waals surface area contributed by atoms with Crippen molar-refractivity contribution in [2.24, 2.45) is 10.7 Å². The summed E-state index contributed by atoms with van der Waals surface area (Å²) in [6.45, 7) is 4.86. The molecule has 2 aromatic rings. The first-order chi connectivity index (χ1) is 9.66. The van der Waals surface area contributed by atoms with Gasteiger partial charge >= 0.3 is 0 Å². The number of anilines is 1. The molecule has 0 bridgehead atoms. The lowest BCUT2D eigenvalue weighted by atomic mass is 10.0. The summed E-state index contributed by atoms with van der Waals surface area (Å²) in [7, 11) is 0. The SMILES string of the molecule is Cc1cccc2c1CN(c1cccnc1)C([C@H](C)N)=N2. The Morgan fingerprint density at radius 2 is 2.10 bits per heavy atom. The average molecular weight is 266 g/mol. The summed E-state index contributed by atoms with van der Waals surface area (Å²) in [4.78, 5) is 11.1. The minimum atomic E-state index is -0.121. The fraction of sp³-hybridized carbons (Fsp3) is 0.250. The molecule has 2 N–H and O–H groups in total. The molecule has 3 rings (SSSR count). The molecule has 0 radical (unpaired) electrons. The molecule has 20 heavy (non-hydrogen) atoms. The maximum absolute atomic E-state index is 6.10. The molecule has 2 heterocycles. The Hall–Kier alpha value is -2.20. The lowest BCUT2D eigenvalue weighted by molar-refractivity contribution is 0.871. The van der Waals surface area contributed by atoms with E-state index in [0.717, 1.165) is 23.8 Å². The van der Waals surface area contributed by atoms with Crippen LogP contribution >= 0.6 is 0 Å². The van der Waals surface area contributed by atoms with E-state index in [1.165, 1.54) is 11.1 Å². The molecule has 1 aromatic carbocycles. The molecule has 1 aliphatic rings. The van der Waals surface area contributed by atoms with Crippen molar-refractivity contribution in [2.45, 2.75) is 26.4 Å². The molecular weight excluding hydrogens is 248 g/mol. The van der Waals surface area contributed by atoms with Crippen LogP contribution in [0.3, 0.4) is 0 Å². The molecule has 1 atom stereocenters. The molecular formula is C16H18N4. The van der Waals surface area contributed by atoms with Gasteiger partial charge < -0.3 is 10.6 Å². The summed E-state index contributed by atoms with van der Waals surface area (Å²) in [6, 6.07) is 10.0. The summed E-state index contributed by atoms with van der Waals surface area (Å²) in [5, 5.41) is 0. The average Bonchev–Trinajstić information content (AvgIpc) is 2.47. The van der Waals surface area contributed by atoms with Crippen molar-refractivity contribution < 1.29 is 0 Å². The molecule has 1 aromatic heterocycles. The second-order valence-corrected chi connectivity index (χ2v) is 5.13. The number of aliphatic imine (C=N–C) groups is 1. The number of pyridine rings is 1. The Bertz CT molecular complexity index is 647. The monoisotopic (exact) mass is 266 g/mol. The molecule has 0 unspecified atom stereocenters. The molecule has 0 saturated carbocycles. The predicted molar refractivity (Wildman–Crippen MR) is 82.3 cm³/mol. The Kier molecular flexibility index (Phi) is 3.24. The molecule has 4 nitrogen and oxygen atoms in total. The topological polar surface area (TPSA) is 54.5 Å². The number of rotatable bonds is 2. The first-order valence-electron chi connectivity index (χ1n) is 6.77. The van der Waals surface area contributed by atoms with Gasteiger partial charge in [-0.1, -0.05) is 12.1 Å². The van der Waals surface area contributed by atoms with Crippen LogP contribution in [0.4, 0.5) is 11.4 Å². The third-order valence-electron chi connectivity index (χ3n) is 3.58. The number of benzene rings is 1. The van der Waals surface area contributed by atoms with Crippen molar-refractivity contribution in [2.75, 3.05) is 4.90 Å². The zero-order chi connectivity index (χ0) is 14.1. The molecule has 4 heteroatoms. The maximum Gasteiger partial charge on any atom is 0.126 e. The summed E-state index contributed by atoms with van der Waals surface area (Å²) in [5.74, 6) is 0.885. The van der Waals surface area contributed by atoms with Crippen LogP contribution in [0.2, 0.25) is 0 Å². The van der Waals surface area contributed by atoms with E-state index in [9.17, 15) is 0 Å². The first-order valence-corrected chi connectivity index (χ1v) is 6.77. The van der Waals surface area contributed by atoms with Gasteiger partial charge in [0, 0.05) is 11.8 Å². The van der Waals surface area contributed by atoms with Gasteiger partial charge in [0.1, 0.15) is 5.84 Å². The van der Waals surface area contributed by atoms with Crippen LogP contribution < -0.4 is 10.6 Å². The van der Waals surface area contributed by atoms with Crippen molar-refractivity contribution in [1.82, 2.24) is 4.98 Å². The van der Waals surface area contributed by atoms with Crippen LogP contribution in [0, 0.1) is 6.92 Å². The van der Waals surface area contributed by atoms with Crippen LogP contribution in [0.25, 0.3) is 0 Å². The summed E-state index contributed by atoms with van der Waals surface area (Å²) >= 11 is 0. The Balaban J connectivity index is 2.11. The predicted octanol–water partition coefficient (Wildman–Crippen LogP) is 2.79. The van der Waals surface area contributed by atoms with Crippen molar-refractivity contribution in [3.05, 3.63) is 53.9 Å². The summed E-state index contributed by atoms with van der Waals surface area (Å²) in [6.07, 6.45) is 3.62. The van der Waals surface area contributed by atoms with Gasteiger partial charge in [-0.2, -0.15) is 0 Å². The smallest absolute Gasteiger partial charge is 0.126 e. The van der Waals surface area contributed by atoms with Gasteiger partial charge in [-0.05, 0) is 37.6 Å². The second-order valence-electron chi connectivity index (χ2n) is 5.13. The summed E-state index contributed by atoms with van der Waals surface area (Å²) < 4.78 is 0. The van der Waals surface area contributed by atoms with Crippen molar-refractivity contribution >= 4 is 17.2 Å². The highest BCUT2D eigenvalue weighted by atomic mass is 15.2. The number of amidine groups is 1. The fourth-order valence-corrected chi connectivity index (χ4v) is 2.50. The molecule has 102 valence electrons. The number of aryl methyl sites for hydroxylation is 1. The van der Waals surface area contributed by atoms with Gasteiger partial charge in [-0.3, -0.25) is 4.98 Å². The highest BCUT2D eigenvalue weighted by Gasteiger charge is 2.24. The van der Waals surface area contributed by atoms with Gasteiger partial charge in [0.05, 0.1) is 30.2 Å². The zero-order valence-electron chi connectivity index (χ0n) is 11.7. The van der Waals surface area contributed by atoms with Gasteiger partial charge in [-0.25, -0.2) is 4.99 Å². The standard InChI is InChI=1S/C16H18N4/c1-11-5-3-7-15-14(11)10-20(16(19-15)12(2)17)13-6-4-8-18-9-13/h3-9,12H,10,17H2,1-2H3/t12-/m0/s1. The Labute approximate surface area is 119 Å². The molecule has 0 spiro atoms. The Morgan fingerprint density at radius 3 is 2.80 bits per heavy atom. The second kappa shape index (κ2) is 5.06. The number of aromatic nitrogens is 1. The van der Waals surface area contributed by atoms with Crippen molar-refractivity contribution in [3.8, 4) is 0 Å². The van der Waals surface area contributed by atoms with Gasteiger partial charge in [-0.15, -0.1) is 0 Å². The lowest BCUT2D eigenvalue weighted by Crippen LogP contribution is -2.43. The molecule has 0 aliphatic carbocycles. The first kappa shape index (κ1) is 12.8. The lowest BCUT2D eigenvalue weighted by Gasteiger charge is -2.32. The van der Waals surface area contributed by atoms with E-state index < -0.39 is 0 Å². The molecule has 0 fully saturated rings. The third kappa shape index (κ3) is 2.18. The zero-order valence-corrected chi connectivity index (χ0v) is 11.7. The minimum absolute atomic E-state index is 0.121. The number of nitrogens with zero attached hydrogens (tertiary/aromatic N) is 3. The van der Waals surface area contributed by atoms with Crippen LogP contribution in [0.5, 0.6) is 0 Å². The molecule has 1 aliphatic heterocycles. The van der Waals surface area contributed by atoms with E-state index in [2.05, 4.69) is 22.9 Å². The quantitative estimate of drug-likeness (QED) is 0.909. The van der Waals surface area contributed by atoms with E-state index in [1.807, 2.05) is 37.4 Å². The minimum Gasteiger partial charge on any atom is -0.323 e. The maximum atomic E-state index is 6.10. The van der Waals surface area contributed by atoms with Crippen molar-refractivity contribution in [3.63, 3.8) is 0 Å². The highest BCUT2D eigenvalue weighted by Crippen LogP contribution is 2.31. The van der Waals surface area contributed by atoms with E-state index in [1.54, 1.807) is 6.20 Å². The largest absolute Gasteiger partial charge is 0.323 e. The number of hydrogen-bond donors (Lipinski definition) is 1. The third-order valence-corrected chi connectivity index (χ3v) is 3.58. The highest BCUT2D eigenvalue weighted by molar-refractivity contribution is 6.04. The van der Waals surface area contributed by atoms with Crippen LogP contribution in [-0.2, 0) is 6.54 Å². The van der Waals surface area contributed by atoms with Gasteiger partial charge in [0.15, 0.2) is 0 Å². The number of nitrogens with two attached hydrogens (primary N) is 1. The van der Waals surface area contributed by atoms with Crippen LogP contribution in [0.15, 0.2) is 47.7 Å². The van der Waals surface area contributed by atoms with Crippen LogP contribution in [-0.4, -0.2) is 16.9 Å². The van der Waals surface area contributed by atoms with E-state index >= 15 is 0 Å². The van der Waals surface area contributed by atoms with Gasteiger partial charge in [0.25, 0.3) is 0 Å².